The Bertz CT molecular complexity index is 1370. The van der Waals surface area contributed by atoms with E-state index in [4.69, 9.17) is 4.74 Å². The third-order valence-corrected chi connectivity index (χ3v) is 6.58. The molecule has 4 aromatic rings. The first kappa shape index (κ1) is 21.6. The predicted molar refractivity (Wildman–Crippen MR) is 125 cm³/mol. The molecular weight excluding hydrogens is 490 g/mol. The van der Waals surface area contributed by atoms with Crippen LogP contribution in [-0.4, -0.2) is 37.4 Å². The molecule has 0 amide bonds. The van der Waals surface area contributed by atoms with E-state index in [9.17, 15) is 20.3 Å². The molecule has 9 heteroatoms. The van der Waals surface area contributed by atoms with Crippen LogP contribution in [0.5, 0.6) is 5.75 Å². The first-order valence-electron chi connectivity index (χ1n) is 10.4. The van der Waals surface area contributed by atoms with Crippen molar-refractivity contribution in [1.29, 1.82) is 0 Å². The average molecular weight is 510 g/mol. The van der Waals surface area contributed by atoms with Crippen molar-refractivity contribution in [2.45, 2.75) is 25.2 Å². The van der Waals surface area contributed by atoms with E-state index in [1.165, 1.54) is 17.1 Å². The summed E-state index contributed by atoms with van der Waals surface area (Å²) in [6, 6.07) is 15.3. The number of aromatic nitrogens is 2. The summed E-state index contributed by atoms with van der Waals surface area (Å²) in [6.07, 6.45) is 1.97. The molecular formula is C24H20BrN3O5. The van der Waals surface area contributed by atoms with Gasteiger partial charge in [0.15, 0.2) is 0 Å². The number of nitro groups is 1. The van der Waals surface area contributed by atoms with Crippen molar-refractivity contribution < 1.29 is 19.9 Å². The molecule has 1 aliphatic carbocycles. The monoisotopic (exact) mass is 509 g/mol. The summed E-state index contributed by atoms with van der Waals surface area (Å²) in [5.74, 6) is -0.0965. The van der Waals surface area contributed by atoms with Gasteiger partial charge in [0, 0.05) is 4.47 Å². The van der Waals surface area contributed by atoms with Gasteiger partial charge in [-0.2, -0.15) is 0 Å². The smallest absolute Gasteiger partial charge is 0.381 e. The number of aromatic hydroxyl groups is 1. The fraction of sp³-hybridized carbons (Fsp3) is 0.208. The fourth-order valence-electron chi connectivity index (χ4n) is 4.41. The zero-order valence-corrected chi connectivity index (χ0v) is 19.0. The zero-order chi connectivity index (χ0) is 23.1. The molecule has 0 spiro atoms. The van der Waals surface area contributed by atoms with Crippen LogP contribution in [0.25, 0.3) is 10.8 Å². The van der Waals surface area contributed by atoms with Crippen LogP contribution in [0.2, 0.25) is 0 Å². The molecule has 0 fully saturated rings. The van der Waals surface area contributed by atoms with Crippen LogP contribution < -0.4 is 0 Å². The molecule has 168 valence electrons. The molecule has 5 rings (SSSR count). The Hall–Kier alpha value is -3.27. The molecule has 2 N–H and O–H groups in total. The number of nitrogens with zero attached hydrogens (tertiary/aromatic N) is 3. The highest BCUT2D eigenvalue weighted by atomic mass is 79.9. The number of fused-ring (bicyclic) bond motifs is 4. The summed E-state index contributed by atoms with van der Waals surface area (Å²) < 4.78 is 8.74. The lowest BCUT2D eigenvalue weighted by molar-refractivity contribution is -0.389. The van der Waals surface area contributed by atoms with E-state index >= 15 is 0 Å². The minimum absolute atomic E-state index is 0.0112. The fourth-order valence-corrected chi connectivity index (χ4v) is 5.01. The summed E-state index contributed by atoms with van der Waals surface area (Å²) >= 11 is 3.71. The Morgan fingerprint density at radius 2 is 2.09 bits per heavy atom. The topological polar surface area (TPSA) is 111 Å². The molecule has 33 heavy (non-hydrogen) atoms. The molecule has 0 saturated heterocycles. The second-order valence-corrected chi connectivity index (χ2v) is 8.94. The van der Waals surface area contributed by atoms with Crippen LogP contribution in [0.3, 0.4) is 0 Å². The quantitative estimate of drug-likeness (QED) is 0.292. The Morgan fingerprint density at radius 3 is 2.88 bits per heavy atom. The third-order valence-electron chi connectivity index (χ3n) is 5.87. The van der Waals surface area contributed by atoms with Gasteiger partial charge in [0.2, 0.25) is 6.33 Å². The number of hydrogen-bond acceptors (Lipinski definition) is 6. The number of phenolic OH excluding ortho intramolecular Hbond substituents is 1. The van der Waals surface area contributed by atoms with Gasteiger partial charge in [0.1, 0.15) is 18.1 Å². The Balaban J connectivity index is 1.48. The predicted octanol–water partition coefficient (Wildman–Crippen LogP) is 4.48. The first-order chi connectivity index (χ1) is 15.9. The molecule has 1 heterocycles. The highest BCUT2D eigenvalue weighted by Gasteiger charge is 2.30. The number of halogens is 1. The molecule has 2 unspecified atom stereocenters. The van der Waals surface area contributed by atoms with Crippen LogP contribution in [0.1, 0.15) is 28.4 Å². The number of benzene rings is 3. The Labute approximate surface area is 197 Å². The lowest BCUT2D eigenvalue weighted by atomic mass is 9.81. The summed E-state index contributed by atoms with van der Waals surface area (Å²) in [5, 5.41) is 33.5. The van der Waals surface area contributed by atoms with Crippen molar-refractivity contribution in [3.63, 3.8) is 0 Å². The Kier molecular flexibility index (Phi) is 5.61. The number of ether oxygens (including phenoxy) is 1. The van der Waals surface area contributed by atoms with E-state index in [2.05, 4.69) is 27.0 Å². The minimum atomic E-state index is -0.900. The maximum Gasteiger partial charge on any atom is 0.381 e. The van der Waals surface area contributed by atoms with E-state index in [-0.39, 0.29) is 24.7 Å². The van der Waals surface area contributed by atoms with Crippen LogP contribution >= 0.6 is 15.9 Å². The summed E-state index contributed by atoms with van der Waals surface area (Å²) in [4.78, 5) is 14.0. The van der Waals surface area contributed by atoms with E-state index in [1.807, 2.05) is 30.3 Å². The van der Waals surface area contributed by atoms with Crippen molar-refractivity contribution in [3.05, 3.63) is 97.9 Å². The number of aliphatic hydroxyl groups is 1. The highest BCUT2D eigenvalue weighted by molar-refractivity contribution is 9.10. The van der Waals surface area contributed by atoms with Crippen LogP contribution in [0.4, 0.5) is 5.82 Å². The first-order valence-corrected chi connectivity index (χ1v) is 11.2. The highest BCUT2D eigenvalue weighted by Crippen LogP contribution is 2.44. The van der Waals surface area contributed by atoms with Crippen molar-refractivity contribution in [3.8, 4) is 5.75 Å². The van der Waals surface area contributed by atoms with Gasteiger partial charge in [0.05, 0.1) is 19.3 Å². The average Bonchev–Trinajstić information content (AvgIpc) is 3.26. The molecule has 0 saturated carbocycles. The molecule has 0 aliphatic heterocycles. The second-order valence-electron chi connectivity index (χ2n) is 8.08. The second kappa shape index (κ2) is 8.58. The molecule has 2 atom stereocenters. The molecule has 1 aliphatic rings. The van der Waals surface area contributed by atoms with Gasteiger partial charge in [-0.3, -0.25) is 0 Å². The zero-order valence-electron chi connectivity index (χ0n) is 17.4. The minimum Gasteiger partial charge on any atom is -0.508 e. The molecule has 3 aromatic carbocycles. The van der Waals surface area contributed by atoms with Crippen LogP contribution in [0, 0.1) is 10.1 Å². The SMILES string of the molecule is O=[N+]([O-])c1cn(CC(O)COC2c3ccccc3Cc3c(Br)cc4ccc(O)cc4c32)cn1. The van der Waals surface area contributed by atoms with Crippen molar-refractivity contribution in [2.75, 3.05) is 6.61 Å². The largest absolute Gasteiger partial charge is 0.508 e. The summed E-state index contributed by atoms with van der Waals surface area (Å²) in [6.45, 7) is 0.124. The van der Waals surface area contributed by atoms with Gasteiger partial charge < -0.3 is 29.6 Å². The van der Waals surface area contributed by atoms with Gasteiger partial charge in [-0.05, 0) is 67.6 Å². The van der Waals surface area contributed by atoms with Crippen LogP contribution in [-0.2, 0) is 17.7 Å². The number of hydrogen-bond donors (Lipinski definition) is 2. The van der Waals surface area contributed by atoms with Gasteiger partial charge in [0.25, 0.3) is 0 Å². The summed E-state index contributed by atoms with van der Waals surface area (Å²) in [7, 11) is 0. The maximum atomic E-state index is 10.8. The van der Waals surface area contributed by atoms with Gasteiger partial charge in [-0.15, -0.1) is 0 Å². The molecule has 1 aromatic heterocycles. The van der Waals surface area contributed by atoms with Crippen molar-refractivity contribution >= 4 is 32.5 Å². The lowest BCUT2D eigenvalue weighted by Gasteiger charge is -2.31. The van der Waals surface area contributed by atoms with Crippen molar-refractivity contribution in [1.82, 2.24) is 9.55 Å². The van der Waals surface area contributed by atoms with E-state index in [1.54, 1.807) is 12.1 Å². The number of phenols is 1. The number of imidazole rings is 1. The Morgan fingerprint density at radius 1 is 1.27 bits per heavy atom. The van der Waals surface area contributed by atoms with E-state index in [0.29, 0.717) is 0 Å². The molecule has 0 bridgehead atoms. The maximum absolute atomic E-state index is 10.8. The van der Waals surface area contributed by atoms with Crippen molar-refractivity contribution in [2.24, 2.45) is 0 Å². The molecule has 8 nitrogen and oxygen atoms in total. The normalized spacial score (nSPS) is 15.8. The van der Waals surface area contributed by atoms with Crippen LogP contribution in [0.15, 0.2) is 65.5 Å². The standard InChI is InChI=1S/C24H20BrN3O5/c25-21-8-15-5-6-16(29)9-19(15)23-20(21)7-14-3-1-2-4-18(14)24(23)33-12-17(30)10-27-11-22(26-13-27)28(31)32/h1-6,8-9,11,13,17,24,29-30H,7,10,12H2. The number of rotatable bonds is 6. The molecule has 0 radical (unpaired) electrons. The van der Waals surface area contributed by atoms with E-state index < -0.39 is 17.1 Å². The van der Waals surface area contributed by atoms with E-state index in [0.717, 1.165) is 43.9 Å². The van der Waals surface area contributed by atoms with Gasteiger partial charge in [-0.25, -0.2) is 0 Å². The summed E-state index contributed by atoms with van der Waals surface area (Å²) in [5.41, 5.74) is 4.18. The third kappa shape index (κ3) is 4.10. The number of aliphatic hydroxyl groups excluding tert-OH is 1. The lowest BCUT2D eigenvalue weighted by Crippen LogP contribution is -2.25. The van der Waals surface area contributed by atoms with Gasteiger partial charge in [-0.1, -0.05) is 46.3 Å². The van der Waals surface area contributed by atoms with Gasteiger partial charge >= 0.3 is 5.82 Å².